The Hall–Kier alpha value is -1.83. The fraction of sp³-hybridized carbons (Fsp3) is 0.111. The highest BCUT2D eigenvalue weighted by molar-refractivity contribution is 7.16. The molecule has 0 radical (unpaired) electrons. The second kappa shape index (κ2) is 5.00. The first-order valence-electron chi connectivity index (χ1n) is 4.19. The number of nitrogens with two attached hydrogens (primary N) is 1. The van der Waals surface area contributed by atoms with E-state index in [4.69, 9.17) is 15.6 Å². The number of benzene rings is 1. The normalized spacial score (nSPS) is 10.8. The van der Waals surface area contributed by atoms with Crippen LogP contribution in [-0.4, -0.2) is 22.2 Å². The van der Waals surface area contributed by atoms with E-state index in [9.17, 15) is 13.2 Å². The van der Waals surface area contributed by atoms with E-state index in [0.717, 1.165) is 15.9 Å². The maximum absolute atomic E-state index is 10.6. The Morgan fingerprint density at radius 3 is 2.53 bits per heavy atom. The molecule has 1 heterocycles. The van der Waals surface area contributed by atoms with Crippen LogP contribution >= 0.6 is 11.3 Å². The zero-order valence-corrected chi connectivity index (χ0v) is 9.05. The van der Waals surface area contributed by atoms with Gasteiger partial charge in [-0.3, -0.25) is 0 Å². The van der Waals surface area contributed by atoms with Gasteiger partial charge in [-0.05, 0) is 18.2 Å². The molecule has 3 N–H and O–H groups in total. The fourth-order valence-corrected chi connectivity index (χ4v) is 1.60. The Kier molecular flexibility index (Phi) is 3.89. The predicted molar refractivity (Wildman–Crippen MR) is 57.7 cm³/mol. The Morgan fingerprint density at radius 1 is 1.41 bits per heavy atom. The summed E-state index contributed by atoms with van der Waals surface area (Å²) in [6.45, 7) is 0. The molecule has 0 saturated carbocycles. The van der Waals surface area contributed by atoms with Crippen molar-refractivity contribution in [1.82, 2.24) is 4.98 Å². The summed E-state index contributed by atoms with van der Waals surface area (Å²) in [5, 5.41) is 7.12. The quantitative estimate of drug-likeness (QED) is 0.717. The summed E-state index contributed by atoms with van der Waals surface area (Å²) < 4.78 is 32.9. The molecule has 0 amide bonds. The van der Waals surface area contributed by atoms with Crippen molar-refractivity contribution in [3.63, 3.8) is 0 Å². The number of hydrogen-bond donors (Lipinski definition) is 2. The number of aliphatic carboxylic acids is 1. The molecule has 0 aliphatic heterocycles. The summed E-state index contributed by atoms with van der Waals surface area (Å²) in [6.07, 6.45) is -5.08. The van der Waals surface area contributed by atoms with E-state index in [1.54, 1.807) is 11.3 Å². The number of carbonyl (C=O) groups is 1. The third kappa shape index (κ3) is 3.91. The number of alkyl halides is 3. The number of fused-ring (bicyclic) bond motifs is 1. The number of nitrogens with zero attached hydrogens (tertiary/aromatic N) is 1. The Labute approximate surface area is 97.5 Å². The molecule has 17 heavy (non-hydrogen) atoms. The topological polar surface area (TPSA) is 76.2 Å². The van der Waals surface area contributed by atoms with Gasteiger partial charge in [-0.15, -0.1) is 11.3 Å². The molecule has 0 saturated heterocycles. The van der Waals surface area contributed by atoms with Gasteiger partial charge in [0.25, 0.3) is 0 Å². The number of halogens is 3. The molecule has 1 aromatic carbocycles. The van der Waals surface area contributed by atoms with Crippen LogP contribution in [0.3, 0.4) is 0 Å². The molecule has 4 nitrogen and oxygen atoms in total. The Bertz CT molecular complexity index is 524. The molecule has 0 aliphatic rings. The van der Waals surface area contributed by atoms with Crippen LogP contribution in [0.15, 0.2) is 23.7 Å². The molecule has 0 bridgehead atoms. The van der Waals surface area contributed by atoms with E-state index >= 15 is 0 Å². The number of thiazole rings is 1. The summed E-state index contributed by atoms with van der Waals surface area (Å²) >= 11 is 1.61. The van der Waals surface area contributed by atoms with Crippen molar-refractivity contribution in [2.75, 3.05) is 5.73 Å². The Morgan fingerprint density at radius 2 is 2.00 bits per heavy atom. The van der Waals surface area contributed by atoms with Crippen molar-refractivity contribution in [2.24, 2.45) is 0 Å². The van der Waals surface area contributed by atoms with E-state index in [1.165, 1.54) is 0 Å². The lowest BCUT2D eigenvalue weighted by Crippen LogP contribution is -2.21. The van der Waals surface area contributed by atoms with Gasteiger partial charge in [0, 0.05) is 5.69 Å². The number of anilines is 1. The lowest BCUT2D eigenvalue weighted by molar-refractivity contribution is -0.192. The summed E-state index contributed by atoms with van der Waals surface area (Å²) in [7, 11) is 0. The highest BCUT2D eigenvalue weighted by Gasteiger charge is 2.38. The molecule has 0 atom stereocenters. The van der Waals surface area contributed by atoms with Gasteiger partial charge in [0.15, 0.2) is 0 Å². The smallest absolute Gasteiger partial charge is 0.475 e. The standard InChI is InChI=1S/C7H6N2S.C2HF3O2/c8-5-1-2-6-7(3-5)10-4-9-6;3-2(4,5)1(6)7/h1-4H,8H2;(H,6,7). The van der Waals surface area contributed by atoms with Gasteiger partial charge in [-0.1, -0.05) is 0 Å². The van der Waals surface area contributed by atoms with Crippen molar-refractivity contribution >= 4 is 33.2 Å². The van der Waals surface area contributed by atoms with Gasteiger partial charge in [-0.25, -0.2) is 9.78 Å². The number of carboxylic acid groups (broad SMARTS) is 1. The van der Waals surface area contributed by atoms with Crippen LogP contribution < -0.4 is 5.73 Å². The van der Waals surface area contributed by atoms with E-state index < -0.39 is 12.1 Å². The fourth-order valence-electron chi connectivity index (χ4n) is 0.872. The van der Waals surface area contributed by atoms with Crippen molar-refractivity contribution < 1.29 is 23.1 Å². The molecule has 0 unspecified atom stereocenters. The zero-order chi connectivity index (χ0) is 13.1. The summed E-state index contributed by atoms with van der Waals surface area (Å²) in [5.74, 6) is -2.76. The molecule has 0 aliphatic carbocycles. The van der Waals surface area contributed by atoms with E-state index in [0.29, 0.717) is 0 Å². The minimum atomic E-state index is -5.08. The molecule has 2 rings (SSSR count). The van der Waals surface area contributed by atoms with Gasteiger partial charge in [0.05, 0.1) is 15.7 Å². The molecule has 2 aromatic rings. The molecule has 8 heteroatoms. The number of nitrogen functional groups attached to an aromatic ring is 1. The lowest BCUT2D eigenvalue weighted by atomic mass is 10.3. The second-order valence-corrected chi connectivity index (χ2v) is 3.77. The third-order valence-electron chi connectivity index (χ3n) is 1.60. The van der Waals surface area contributed by atoms with Gasteiger partial charge >= 0.3 is 12.1 Å². The minimum Gasteiger partial charge on any atom is -0.475 e. The van der Waals surface area contributed by atoms with E-state index in [-0.39, 0.29) is 0 Å². The summed E-state index contributed by atoms with van der Waals surface area (Å²) in [5.41, 5.74) is 9.22. The van der Waals surface area contributed by atoms with Crippen molar-refractivity contribution in [2.45, 2.75) is 6.18 Å². The van der Waals surface area contributed by atoms with Gasteiger partial charge < -0.3 is 10.8 Å². The average molecular weight is 264 g/mol. The first kappa shape index (κ1) is 13.2. The van der Waals surface area contributed by atoms with E-state index in [1.807, 2.05) is 23.7 Å². The van der Waals surface area contributed by atoms with Crippen LogP contribution in [0.4, 0.5) is 18.9 Å². The van der Waals surface area contributed by atoms with Gasteiger partial charge in [0.2, 0.25) is 0 Å². The monoisotopic (exact) mass is 264 g/mol. The second-order valence-electron chi connectivity index (χ2n) is 2.88. The molecule has 0 fully saturated rings. The van der Waals surface area contributed by atoms with Crippen molar-refractivity contribution in [1.29, 1.82) is 0 Å². The molecular formula is C9H7F3N2O2S. The average Bonchev–Trinajstić information content (AvgIpc) is 2.63. The van der Waals surface area contributed by atoms with Crippen molar-refractivity contribution in [3.8, 4) is 0 Å². The lowest BCUT2D eigenvalue weighted by Gasteiger charge is -1.93. The van der Waals surface area contributed by atoms with Crippen LogP contribution in [0.25, 0.3) is 10.2 Å². The number of aromatic nitrogens is 1. The molecule has 1 aromatic heterocycles. The number of carboxylic acids is 1. The maximum Gasteiger partial charge on any atom is 0.490 e. The Balaban J connectivity index is 0.000000185. The van der Waals surface area contributed by atoms with Crippen molar-refractivity contribution in [3.05, 3.63) is 23.7 Å². The SMILES string of the molecule is Nc1ccc2ncsc2c1.O=C(O)C(F)(F)F. The first-order chi connectivity index (χ1) is 7.80. The third-order valence-corrected chi connectivity index (χ3v) is 2.39. The molecule has 92 valence electrons. The van der Waals surface area contributed by atoms with E-state index in [2.05, 4.69) is 4.98 Å². The van der Waals surface area contributed by atoms with Crippen LogP contribution in [0.2, 0.25) is 0 Å². The summed E-state index contributed by atoms with van der Waals surface area (Å²) in [4.78, 5) is 13.0. The van der Waals surface area contributed by atoms with Crippen LogP contribution in [0.5, 0.6) is 0 Å². The number of hydrogen-bond acceptors (Lipinski definition) is 4. The van der Waals surface area contributed by atoms with Crippen LogP contribution in [0.1, 0.15) is 0 Å². The zero-order valence-electron chi connectivity index (χ0n) is 8.23. The summed E-state index contributed by atoms with van der Waals surface area (Å²) in [6, 6.07) is 5.73. The minimum absolute atomic E-state index is 0.803. The highest BCUT2D eigenvalue weighted by Crippen LogP contribution is 2.19. The first-order valence-corrected chi connectivity index (χ1v) is 5.07. The molecular weight excluding hydrogens is 257 g/mol. The maximum atomic E-state index is 10.6. The molecule has 0 spiro atoms. The van der Waals surface area contributed by atoms with Gasteiger partial charge in [0.1, 0.15) is 0 Å². The van der Waals surface area contributed by atoms with Gasteiger partial charge in [-0.2, -0.15) is 13.2 Å². The predicted octanol–water partition coefficient (Wildman–Crippen LogP) is 2.51. The number of rotatable bonds is 0. The highest BCUT2D eigenvalue weighted by atomic mass is 32.1. The largest absolute Gasteiger partial charge is 0.490 e. The van der Waals surface area contributed by atoms with Crippen LogP contribution in [0, 0.1) is 0 Å². The van der Waals surface area contributed by atoms with Crippen LogP contribution in [-0.2, 0) is 4.79 Å².